The van der Waals surface area contributed by atoms with Gasteiger partial charge in [-0.25, -0.2) is 0 Å². The summed E-state index contributed by atoms with van der Waals surface area (Å²) in [4.78, 5) is 6.19. The molecule has 2 radical (unpaired) electrons. The van der Waals surface area contributed by atoms with Crippen LogP contribution in [-0.4, -0.2) is 13.0 Å². The third-order valence-electron chi connectivity index (χ3n) is 5.01. The van der Waals surface area contributed by atoms with Crippen molar-refractivity contribution in [2.24, 2.45) is 0 Å². The van der Waals surface area contributed by atoms with E-state index in [-0.39, 0.29) is 0 Å². The molecule has 0 amide bonds. The Morgan fingerprint density at radius 1 is 1.06 bits per heavy atom. The van der Waals surface area contributed by atoms with Crippen molar-refractivity contribution >= 4 is 13.7 Å². The summed E-state index contributed by atoms with van der Waals surface area (Å²) in [6.45, 7) is 4.89. The minimum absolute atomic E-state index is 0.361. The molecule has 0 aliphatic rings. The number of ether oxygens (including phenoxy) is 1. The highest BCUT2D eigenvalue weighted by Gasteiger charge is 2.15. The van der Waals surface area contributed by atoms with Crippen LogP contribution in [0.3, 0.4) is 0 Å². The Hall–Kier alpha value is -3.77. The summed E-state index contributed by atoms with van der Waals surface area (Å²) < 4.78 is 6.20. The lowest BCUT2D eigenvalue weighted by Gasteiger charge is -2.23. The molecule has 0 saturated heterocycles. The van der Waals surface area contributed by atoms with Gasteiger partial charge in [0.1, 0.15) is 12.4 Å². The molecule has 0 aliphatic carbocycles. The number of pyridine rings is 1. The van der Waals surface area contributed by atoms with Crippen molar-refractivity contribution in [3.05, 3.63) is 88.2 Å². The Morgan fingerprint density at radius 3 is 2.48 bits per heavy atom. The Labute approximate surface area is 185 Å². The van der Waals surface area contributed by atoms with Gasteiger partial charge in [-0.05, 0) is 60.9 Å². The highest BCUT2D eigenvalue weighted by atomic mass is 16.5. The van der Waals surface area contributed by atoms with Crippen molar-refractivity contribution in [2.75, 3.05) is 4.81 Å². The van der Waals surface area contributed by atoms with Crippen LogP contribution in [0.5, 0.6) is 5.75 Å². The van der Waals surface area contributed by atoms with E-state index in [1.54, 1.807) is 23.0 Å². The Bertz CT molecular complexity index is 1130. The largest absolute Gasteiger partial charge is 0.487 e. The molecule has 0 fully saturated rings. The molecular formula is C25H23BN4O. The van der Waals surface area contributed by atoms with Crippen LogP contribution < -0.4 is 9.55 Å². The van der Waals surface area contributed by atoms with Gasteiger partial charge in [0.15, 0.2) is 0 Å². The van der Waals surface area contributed by atoms with Crippen molar-refractivity contribution in [3.63, 3.8) is 0 Å². The van der Waals surface area contributed by atoms with E-state index in [1.807, 2.05) is 43.5 Å². The topological polar surface area (TPSA) is 72.9 Å². The first-order valence-electron chi connectivity index (χ1n) is 10.2. The second-order valence-corrected chi connectivity index (χ2v) is 7.31. The fraction of sp³-hybridized carbons (Fsp3) is 0.240. The third kappa shape index (κ3) is 5.44. The average molecular weight is 406 g/mol. The van der Waals surface area contributed by atoms with Crippen LogP contribution in [-0.2, 0) is 19.6 Å². The van der Waals surface area contributed by atoms with E-state index in [0.717, 1.165) is 46.7 Å². The molecule has 0 aliphatic heterocycles. The number of aromatic nitrogens is 1. The zero-order valence-corrected chi connectivity index (χ0v) is 17.8. The van der Waals surface area contributed by atoms with Crippen LogP contribution in [0.15, 0.2) is 54.7 Å². The monoisotopic (exact) mass is 406 g/mol. The predicted octanol–water partition coefficient (Wildman–Crippen LogP) is 4.75. The smallest absolute Gasteiger partial charge is 0.227 e. The first-order chi connectivity index (χ1) is 15.0. The molecule has 1 aromatic heterocycles. The van der Waals surface area contributed by atoms with E-state index >= 15 is 0 Å². The number of nitriles is 2. The summed E-state index contributed by atoms with van der Waals surface area (Å²) in [5.74, 6) is 0.773. The zero-order valence-electron chi connectivity index (χ0n) is 17.8. The van der Waals surface area contributed by atoms with Gasteiger partial charge in [-0.15, -0.1) is 0 Å². The van der Waals surface area contributed by atoms with E-state index in [4.69, 9.17) is 23.2 Å². The maximum Gasteiger partial charge on any atom is 0.227 e. The molecule has 0 spiro atoms. The van der Waals surface area contributed by atoms with Crippen molar-refractivity contribution < 1.29 is 4.74 Å². The number of rotatable bonds is 8. The van der Waals surface area contributed by atoms with Gasteiger partial charge in [0.25, 0.3) is 0 Å². The molecule has 31 heavy (non-hydrogen) atoms. The van der Waals surface area contributed by atoms with Gasteiger partial charge >= 0.3 is 0 Å². The number of aryl methyl sites for hydroxylation is 1. The minimum Gasteiger partial charge on any atom is -0.487 e. The summed E-state index contributed by atoms with van der Waals surface area (Å²) in [6, 6.07) is 18.8. The lowest BCUT2D eigenvalue weighted by molar-refractivity contribution is 0.298. The van der Waals surface area contributed by atoms with Crippen LogP contribution in [0.2, 0.25) is 0 Å². The SMILES string of the molecule is [B]N(Cc1cnc(C)c(OCc2cccc(C#N)c2)c1CCC)c1ccc(C#N)cc1. The fourth-order valence-corrected chi connectivity index (χ4v) is 3.42. The molecule has 1 heterocycles. The van der Waals surface area contributed by atoms with E-state index in [9.17, 15) is 0 Å². The summed E-state index contributed by atoms with van der Waals surface area (Å²) in [5.41, 5.74) is 5.87. The molecule has 2 aromatic carbocycles. The van der Waals surface area contributed by atoms with Crippen LogP contribution in [0.4, 0.5) is 5.69 Å². The molecule has 6 heteroatoms. The minimum atomic E-state index is 0.361. The molecule has 3 rings (SSSR count). The van der Waals surface area contributed by atoms with Gasteiger partial charge in [0.05, 0.1) is 29.0 Å². The average Bonchev–Trinajstić information content (AvgIpc) is 2.80. The lowest BCUT2D eigenvalue weighted by Crippen LogP contribution is -2.20. The number of hydrogen-bond donors (Lipinski definition) is 0. The van der Waals surface area contributed by atoms with Crippen molar-refractivity contribution in [1.82, 2.24) is 4.98 Å². The Morgan fingerprint density at radius 2 is 1.81 bits per heavy atom. The van der Waals surface area contributed by atoms with Gasteiger partial charge in [-0.1, -0.05) is 25.5 Å². The molecule has 0 atom stereocenters. The first-order valence-corrected chi connectivity index (χ1v) is 10.2. The van der Waals surface area contributed by atoms with Crippen LogP contribution in [0.25, 0.3) is 0 Å². The number of nitrogens with zero attached hydrogens (tertiary/aromatic N) is 4. The van der Waals surface area contributed by atoms with E-state index < -0.39 is 0 Å². The summed E-state index contributed by atoms with van der Waals surface area (Å²) >= 11 is 0. The van der Waals surface area contributed by atoms with Gasteiger partial charge in [-0.2, -0.15) is 10.5 Å². The molecule has 3 aromatic rings. The van der Waals surface area contributed by atoms with Gasteiger partial charge in [0, 0.05) is 24.0 Å². The van der Waals surface area contributed by atoms with Crippen LogP contribution in [0, 0.1) is 29.6 Å². The van der Waals surface area contributed by atoms with Gasteiger partial charge < -0.3 is 9.55 Å². The quantitative estimate of drug-likeness (QED) is 0.505. The molecule has 0 N–H and O–H groups in total. The zero-order chi connectivity index (χ0) is 22.2. The summed E-state index contributed by atoms with van der Waals surface area (Å²) in [5, 5.41) is 18.1. The standard InChI is InChI=1S/C25H23BN4O/c1-3-5-24-22(16-30(26)23-10-8-19(13-27)9-11-23)15-29-18(2)25(24)31-17-21-7-4-6-20(12-21)14-28/h4,6-12,15H,3,5,16-17H2,1-2H3. The maximum atomic E-state index is 9.12. The van der Waals surface area contributed by atoms with E-state index in [1.165, 1.54) is 0 Å². The van der Waals surface area contributed by atoms with Crippen molar-refractivity contribution in [2.45, 2.75) is 39.8 Å². The third-order valence-corrected chi connectivity index (χ3v) is 5.01. The van der Waals surface area contributed by atoms with Crippen molar-refractivity contribution in [1.29, 1.82) is 10.5 Å². The van der Waals surface area contributed by atoms with Gasteiger partial charge in [0.2, 0.25) is 7.98 Å². The van der Waals surface area contributed by atoms with Crippen LogP contribution >= 0.6 is 0 Å². The summed E-state index contributed by atoms with van der Waals surface area (Å²) in [6.07, 6.45) is 3.65. The van der Waals surface area contributed by atoms with E-state index in [0.29, 0.717) is 24.3 Å². The molecular weight excluding hydrogens is 383 g/mol. The second-order valence-electron chi connectivity index (χ2n) is 7.31. The van der Waals surface area contributed by atoms with E-state index in [2.05, 4.69) is 24.0 Å². The summed E-state index contributed by atoms with van der Waals surface area (Å²) in [7, 11) is 6.32. The lowest BCUT2D eigenvalue weighted by atomic mass is 10.0. The number of anilines is 1. The number of benzene rings is 2. The maximum absolute atomic E-state index is 9.12. The number of hydrogen-bond acceptors (Lipinski definition) is 5. The normalized spacial score (nSPS) is 10.2. The highest BCUT2D eigenvalue weighted by molar-refractivity contribution is 6.17. The van der Waals surface area contributed by atoms with Crippen LogP contribution in [0.1, 0.15) is 46.9 Å². The molecule has 0 unspecified atom stereocenters. The second kappa shape index (κ2) is 10.3. The Balaban J connectivity index is 1.85. The fourth-order valence-electron chi connectivity index (χ4n) is 3.42. The van der Waals surface area contributed by atoms with Crippen molar-refractivity contribution in [3.8, 4) is 17.9 Å². The van der Waals surface area contributed by atoms with Gasteiger partial charge in [-0.3, -0.25) is 4.98 Å². The Kier molecular flexibility index (Phi) is 7.30. The molecule has 152 valence electrons. The first kappa shape index (κ1) is 21.9. The molecule has 0 bridgehead atoms. The molecule has 5 nitrogen and oxygen atoms in total. The predicted molar refractivity (Wildman–Crippen MR) is 122 cm³/mol. The highest BCUT2D eigenvalue weighted by Crippen LogP contribution is 2.29. The molecule has 0 saturated carbocycles.